The van der Waals surface area contributed by atoms with Crippen LogP contribution < -0.4 is 4.74 Å². The zero-order chi connectivity index (χ0) is 21.5. The Labute approximate surface area is 184 Å². The molecule has 4 rings (SSSR count). The molecule has 2 aromatic carbocycles. The minimum Gasteiger partial charge on any atom is -0.494 e. The maximum absolute atomic E-state index is 12.9. The summed E-state index contributed by atoms with van der Waals surface area (Å²) in [7, 11) is 0. The number of carbonyl (C=O) groups is 1. The van der Waals surface area contributed by atoms with Gasteiger partial charge in [0.15, 0.2) is 0 Å². The second kappa shape index (κ2) is 9.92. The highest BCUT2D eigenvalue weighted by Crippen LogP contribution is 2.37. The average molecular weight is 419 g/mol. The minimum atomic E-state index is -0.471. The van der Waals surface area contributed by atoms with Crippen molar-refractivity contribution in [2.24, 2.45) is 5.41 Å². The van der Waals surface area contributed by atoms with Gasteiger partial charge in [-0.1, -0.05) is 36.4 Å². The molecule has 0 N–H and O–H groups in total. The third-order valence-corrected chi connectivity index (χ3v) is 6.24. The number of likely N-dealkylation sites (tertiary alicyclic amines) is 1. The van der Waals surface area contributed by atoms with Crippen LogP contribution in [0.1, 0.15) is 31.7 Å². The minimum absolute atomic E-state index is 0.0827. The molecule has 2 heterocycles. The summed E-state index contributed by atoms with van der Waals surface area (Å²) in [5, 5.41) is 1.20. The van der Waals surface area contributed by atoms with Crippen molar-refractivity contribution in [1.29, 1.82) is 0 Å². The summed E-state index contributed by atoms with van der Waals surface area (Å²) in [6.07, 6.45) is 4.07. The van der Waals surface area contributed by atoms with Crippen molar-refractivity contribution in [1.82, 2.24) is 9.88 Å². The smallest absolute Gasteiger partial charge is 0.312 e. The molecule has 1 aliphatic heterocycles. The second-order valence-corrected chi connectivity index (χ2v) is 8.18. The number of benzene rings is 2. The molecule has 1 aliphatic rings. The number of rotatable bonds is 8. The summed E-state index contributed by atoms with van der Waals surface area (Å²) in [4.78, 5) is 19.8. The molecule has 1 aromatic heterocycles. The van der Waals surface area contributed by atoms with Gasteiger partial charge in [-0.3, -0.25) is 14.7 Å². The van der Waals surface area contributed by atoms with Gasteiger partial charge < -0.3 is 9.47 Å². The summed E-state index contributed by atoms with van der Waals surface area (Å²) >= 11 is 0. The van der Waals surface area contributed by atoms with Crippen LogP contribution in [0.3, 0.4) is 0 Å². The second-order valence-electron chi connectivity index (χ2n) is 8.18. The topological polar surface area (TPSA) is 51.7 Å². The zero-order valence-electron chi connectivity index (χ0n) is 18.1. The standard InChI is InChI=1S/C26H30N2O3/c1-2-30-25(29)26(15-19-31-22-9-4-3-5-10-22)13-17-28(18-14-26)20-21-8-6-12-24-23(21)11-7-16-27-24/h3-12,16H,2,13-15,17-20H2,1H3. The van der Waals surface area contributed by atoms with E-state index >= 15 is 0 Å². The van der Waals surface area contributed by atoms with Gasteiger partial charge in [-0.25, -0.2) is 0 Å². The highest BCUT2D eigenvalue weighted by Gasteiger charge is 2.42. The van der Waals surface area contributed by atoms with Crippen molar-refractivity contribution < 1.29 is 14.3 Å². The molecule has 0 unspecified atom stereocenters. The van der Waals surface area contributed by atoms with Crippen LogP contribution in [0.25, 0.3) is 10.9 Å². The highest BCUT2D eigenvalue weighted by molar-refractivity contribution is 5.82. The van der Waals surface area contributed by atoms with E-state index in [0.29, 0.717) is 19.6 Å². The van der Waals surface area contributed by atoms with Crippen LogP contribution in [0.15, 0.2) is 66.9 Å². The van der Waals surface area contributed by atoms with E-state index in [1.165, 1.54) is 10.9 Å². The van der Waals surface area contributed by atoms with Crippen LogP contribution in [0.5, 0.6) is 5.75 Å². The lowest BCUT2D eigenvalue weighted by Crippen LogP contribution is -2.45. The van der Waals surface area contributed by atoms with Crippen LogP contribution in [0, 0.1) is 5.41 Å². The van der Waals surface area contributed by atoms with Crippen LogP contribution in [-0.4, -0.2) is 42.2 Å². The van der Waals surface area contributed by atoms with Crippen LogP contribution >= 0.6 is 0 Å². The fraction of sp³-hybridized carbons (Fsp3) is 0.385. The largest absolute Gasteiger partial charge is 0.494 e. The number of hydrogen-bond acceptors (Lipinski definition) is 5. The molecule has 0 saturated carbocycles. The number of hydrogen-bond donors (Lipinski definition) is 0. The predicted molar refractivity (Wildman–Crippen MR) is 122 cm³/mol. The van der Waals surface area contributed by atoms with Gasteiger partial charge in [0.05, 0.1) is 24.1 Å². The fourth-order valence-electron chi connectivity index (χ4n) is 4.41. The third-order valence-electron chi connectivity index (χ3n) is 6.24. The van der Waals surface area contributed by atoms with Gasteiger partial charge in [-0.15, -0.1) is 0 Å². The van der Waals surface area contributed by atoms with E-state index in [9.17, 15) is 4.79 Å². The van der Waals surface area contributed by atoms with E-state index in [1.54, 1.807) is 0 Å². The van der Waals surface area contributed by atoms with E-state index in [0.717, 1.165) is 43.7 Å². The van der Waals surface area contributed by atoms with Gasteiger partial charge in [0.25, 0.3) is 0 Å². The van der Waals surface area contributed by atoms with E-state index in [-0.39, 0.29) is 5.97 Å². The number of para-hydroxylation sites is 1. The molecule has 5 heteroatoms. The Hall–Kier alpha value is -2.92. The summed E-state index contributed by atoms with van der Waals surface area (Å²) in [6, 6.07) is 20.2. The summed E-state index contributed by atoms with van der Waals surface area (Å²) in [5.41, 5.74) is 1.83. The van der Waals surface area contributed by atoms with Crippen molar-refractivity contribution in [2.75, 3.05) is 26.3 Å². The molecule has 162 valence electrons. The maximum atomic E-state index is 12.9. The third kappa shape index (κ3) is 5.05. The summed E-state index contributed by atoms with van der Waals surface area (Å²) in [6.45, 7) is 5.38. The Kier molecular flexibility index (Phi) is 6.82. The molecule has 0 atom stereocenters. The number of fused-ring (bicyclic) bond motifs is 1. The molecule has 1 fully saturated rings. The van der Waals surface area contributed by atoms with Crippen molar-refractivity contribution in [3.05, 3.63) is 72.4 Å². The van der Waals surface area contributed by atoms with Crippen LogP contribution in [-0.2, 0) is 16.1 Å². The van der Waals surface area contributed by atoms with Gasteiger partial charge in [0, 0.05) is 18.1 Å². The number of ether oxygens (including phenoxy) is 2. The number of esters is 1. The zero-order valence-corrected chi connectivity index (χ0v) is 18.1. The molecule has 0 radical (unpaired) electrons. The molecule has 0 aliphatic carbocycles. The van der Waals surface area contributed by atoms with Crippen molar-refractivity contribution in [3.8, 4) is 5.75 Å². The molecule has 0 spiro atoms. The van der Waals surface area contributed by atoms with Gasteiger partial charge in [0.1, 0.15) is 5.75 Å². The average Bonchev–Trinajstić information content (AvgIpc) is 2.81. The van der Waals surface area contributed by atoms with Crippen molar-refractivity contribution >= 4 is 16.9 Å². The van der Waals surface area contributed by atoms with E-state index in [1.807, 2.05) is 55.6 Å². The molecule has 0 bridgehead atoms. The first kappa shape index (κ1) is 21.3. The van der Waals surface area contributed by atoms with E-state index in [2.05, 4.69) is 28.1 Å². The number of piperidine rings is 1. The summed E-state index contributed by atoms with van der Waals surface area (Å²) < 4.78 is 11.4. The Morgan fingerprint density at radius 1 is 1.03 bits per heavy atom. The molecule has 0 amide bonds. The van der Waals surface area contributed by atoms with Crippen molar-refractivity contribution in [2.45, 2.75) is 32.7 Å². The normalized spacial score (nSPS) is 16.2. The lowest BCUT2D eigenvalue weighted by molar-refractivity contribution is -0.159. The number of aromatic nitrogens is 1. The lowest BCUT2D eigenvalue weighted by atomic mass is 9.75. The fourth-order valence-corrected chi connectivity index (χ4v) is 4.41. The Morgan fingerprint density at radius 3 is 2.61 bits per heavy atom. The Morgan fingerprint density at radius 2 is 1.84 bits per heavy atom. The monoisotopic (exact) mass is 418 g/mol. The first-order valence-electron chi connectivity index (χ1n) is 11.1. The van der Waals surface area contributed by atoms with Crippen molar-refractivity contribution in [3.63, 3.8) is 0 Å². The van der Waals surface area contributed by atoms with Gasteiger partial charge >= 0.3 is 5.97 Å². The highest BCUT2D eigenvalue weighted by atomic mass is 16.5. The predicted octanol–water partition coefficient (Wildman–Crippen LogP) is 4.85. The molecule has 5 nitrogen and oxygen atoms in total. The van der Waals surface area contributed by atoms with Crippen LogP contribution in [0.4, 0.5) is 0 Å². The van der Waals surface area contributed by atoms with E-state index < -0.39 is 5.41 Å². The molecule has 31 heavy (non-hydrogen) atoms. The number of carbonyl (C=O) groups excluding carboxylic acids is 1. The molecule has 3 aromatic rings. The number of pyridine rings is 1. The van der Waals surface area contributed by atoms with E-state index in [4.69, 9.17) is 9.47 Å². The number of nitrogens with zero attached hydrogens (tertiary/aromatic N) is 2. The maximum Gasteiger partial charge on any atom is 0.312 e. The van der Waals surface area contributed by atoms with Crippen LogP contribution in [0.2, 0.25) is 0 Å². The SMILES string of the molecule is CCOC(=O)C1(CCOc2ccccc2)CCN(Cc2cccc3ncccc23)CC1. The molecular weight excluding hydrogens is 388 g/mol. The first-order chi connectivity index (χ1) is 15.2. The first-order valence-corrected chi connectivity index (χ1v) is 11.1. The lowest BCUT2D eigenvalue weighted by Gasteiger charge is -2.40. The summed E-state index contributed by atoms with van der Waals surface area (Å²) in [5.74, 6) is 0.754. The Balaban J connectivity index is 1.40. The molecule has 1 saturated heterocycles. The van der Waals surface area contributed by atoms with Gasteiger partial charge in [0.2, 0.25) is 0 Å². The Bertz CT molecular complexity index is 992. The molecular formula is C26H30N2O3. The van der Waals surface area contributed by atoms with Gasteiger partial charge in [-0.2, -0.15) is 0 Å². The van der Waals surface area contributed by atoms with Gasteiger partial charge in [-0.05, 0) is 69.1 Å². The quantitative estimate of drug-likeness (QED) is 0.490.